The Morgan fingerprint density at radius 1 is 0.786 bits per heavy atom. The number of hydrogen-bond acceptors (Lipinski definition) is 4. The van der Waals surface area contributed by atoms with Gasteiger partial charge in [-0.2, -0.15) is 0 Å². The predicted molar refractivity (Wildman–Crippen MR) is 165 cm³/mol. The standard InChI is InChI=1S/C35H39N5O2/c41-34-25-39(35(42)33-20-30-19-29(28-11-12-28)13-14-32(30)36-33)24-31(40(34)22-27-9-5-2-6-10-27)23-38-17-15-37(16-18-38)21-26-7-3-1-4-8-26/h1-10,13-14,19-20,28,31,36H,11-12,15-18,21-25H2/t31-/m0/s1. The maximum absolute atomic E-state index is 13.8. The number of carbonyl (C=O) groups is 2. The Bertz CT molecular complexity index is 1540. The Kier molecular flexibility index (Phi) is 7.53. The number of H-pyrrole nitrogens is 1. The minimum atomic E-state index is -0.0930. The van der Waals surface area contributed by atoms with Crippen LogP contribution in [-0.4, -0.2) is 88.3 Å². The first-order chi connectivity index (χ1) is 20.6. The summed E-state index contributed by atoms with van der Waals surface area (Å²) in [6.45, 7) is 6.83. The van der Waals surface area contributed by atoms with Gasteiger partial charge < -0.3 is 14.8 Å². The van der Waals surface area contributed by atoms with E-state index in [-0.39, 0.29) is 24.4 Å². The van der Waals surface area contributed by atoms with Crippen LogP contribution in [0.3, 0.4) is 0 Å². The number of aromatic amines is 1. The van der Waals surface area contributed by atoms with Crippen LogP contribution >= 0.6 is 0 Å². The number of carbonyl (C=O) groups excluding carboxylic acids is 2. The summed E-state index contributed by atoms with van der Waals surface area (Å²) in [5.74, 6) is 0.586. The van der Waals surface area contributed by atoms with Gasteiger partial charge in [-0.15, -0.1) is 0 Å². The van der Waals surface area contributed by atoms with Gasteiger partial charge in [-0.1, -0.05) is 66.7 Å². The van der Waals surface area contributed by atoms with E-state index >= 15 is 0 Å². The van der Waals surface area contributed by atoms with E-state index < -0.39 is 0 Å². The van der Waals surface area contributed by atoms with Crippen molar-refractivity contribution in [2.24, 2.45) is 0 Å². The molecule has 216 valence electrons. The van der Waals surface area contributed by atoms with E-state index in [2.05, 4.69) is 75.4 Å². The van der Waals surface area contributed by atoms with Gasteiger partial charge in [0.05, 0.1) is 6.04 Å². The van der Waals surface area contributed by atoms with Crippen molar-refractivity contribution in [2.75, 3.05) is 45.8 Å². The number of aromatic nitrogens is 1. The van der Waals surface area contributed by atoms with Crippen LogP contribution < -0.4 is 0 Å². The molecule has 0 spiro atoms. The summed E-state index contributed by atoms with van der Waals surface area (Å²) in [6, 6.07) is 29.2. The molecule has 2 aliphatic heterocycles. The van der Waals surface area contributed by atoms with Gasteiger partial charge in [0.1, 0.15) is 12.2 Å². The van der Waals surface area contributed by atoms with Crippen molar-refractivity contribution in [3.8, 4) is 0 Å². The van der Waals surface area contributed by atoms with E-state index in [4.69, 9.17) is 0 Å². The molecule has 3 heterocycles. The summed E-state index contributed by atoms with van der Waals surface area (Å²) < 4.78 is 0. The molecule has 1 saturated carbocycles. The van der Waals surface area contributed by atoms with Crippen molar-refractivity contribution in [3.63, 3.8) is 0 Å². The second-order valence-electron chi connectivity index (χ2n) is 12.2. The van der Waals surface area contributed by atoms with E-state index in [0.717, 1.165) is 55.7 Å². The van der Waals surface area contributed by atoms with Crippen LogP contribution in [-0.2, 0) is 17.9 Å². The molecule has 7 rings (SSSR count). The lowest BCUT2D eigenvalue weighted by atomic mass is 10.1. The molecular weight excluding hydrogens is 522 g/mol. The smallest absolute Gasteiger partial charge is 0.270 e. The number of piperazine rings is 2. The molecule has 3 aromatic carbocycles. The highest BCUT2D eigenvalue weighted by molar-refractivity contribution is 6.00. The van der Waals surface area contributed by atoms with E-state index in [1.807, 2.05) is 29.2 Å². The molecule has 7 nitrogen and oxygen atoms in total. The molecule has 1 aromatic heterocycles. The molecule has 2 saturated heterocycles. The third-order valence-electron chi connectivity index (χ3n) is 9.11. The van der Waals surface area contributed by atoms with Gasteiger partial charge in [0.25, 0.3) is 5.91 Å². The number of benzene rings is 3. The minimum Gasteiger partial charge on any atom is -0.351 e. The van der Waals surface area contributed by atoms with Gasteiger partial charge >= 0.3 is 0 Å². The van der Waals surface area contributed by atoms with Crippen molar-refractivity contribution in [1.82, 2.24) is 24.6 Å². The topological polar surface area (TPSA) is 62.9 Å². The Balaban J connectivity index is 1.06. The summed E-state index contributed by atoms with van der Waals surface area (Å²) in [7, 11) is 0. The van der Waals surface area contributed by atoms with Gasteiger partial charge in [0.15, 0.2) is 0 Å². The van der Waals surface area contributed by atoms with Crippen LogP contribution in [0.4, 0.5) is 0 Å². The third kappa shape index (κ3) is 5.98. The summed E-state index contributed by atoms with van der Waals surface area (Å²) in [6.07, 6.45) is 2.50. The number of amides is 2. The molecule has 0 radical (unpaired) electrons. The zero-order chi connectivity index (χ0) is 28.5. The van der Waals surface area contributed by atoms with Gasteiger partial charge in [-0.05, 0) is 53.6 Å². The summed E-state index contributed by atoms with van der Waals surface area (Å²) in [5.41, 5.74) is 5.35. The van der Waals surface area contributed by atoms with Gasteiger partial charge in [-0.25, -0.2) is 0 Å². The van der Waals surface area contributed by atoms with Crippen molar-refractivity contribution in [2.45, 2.75) is 37.9 Å². The maximum atomic E-state index is 13.8. The molecule has 2 amide bonds. The van der Waals surface area contributed by atoms with Crippen LogP contribution in [0.25, 0.3) is 10.9 Å². The van der Waals surface area contributed by atoms with Crippen molar-refractivity contribution in [3.05, 3.63) is 107 Å². The maximum Gasteiger partial charge on any atom is 0.270 e. The fourth-order valence-electron chi connectivity index (χ4n) is 6.56. The first kappa shape index (κ1) is 26.9. The summed E-state index contributed by atoms with van der Waals surface area (Å²) >= 11 is 0. The quantitative estimate of drug-likeness (QED) is 0.338. The van der Waals surface area contributed by atoms with Crippen molar-refractivity contribution < 1.29 is 9.59 Å². The second kappa shape index (κ2) is 11.7. The SMILES string of the molecule is O=C(c1cc2cc(C3CC3)ccc2[nH]1)N1CC(=O)N(Cc2ccccc2)[C@@H](CN2CCN(Cc3ccccc3)CC2)C1. The minimum absolute atomic E-state index is 0.0123. The first-order valence-corrected chi connectivity index (χ1v) is 15.3. The van der Waals surface area contributed by atoms with Crippen molar-refractivity contribution in [1.29, 1.82) is 0 Å². The molecule has 42 heavy (non-hydrogen) atoms. The number of hydrogen-bond donors (Lipinski definition) is 1. The van der Waals surface area contributed by atoms with Crippen LogP contribution in [0.5, 0.6) is 0 Å². The fourth-order valence-corrected chi connectivity index (χ4v) is 6.56. The summed E-state index contributed by atoms with van der Waals surface area (Å²) in [4.78, 5) is 39.5. The number of fused-ring (bicyclic) bond motifs is 1. The molecule has 0 unspecified atom stereocenters. The lowest BCUT2D eigenvalue weighted by molar-refractivity contribution is -0.140. The molecule has 0 bridgehead atoms. The van der Waals surface area contributed by atoms with Crippen LogP contribution in [0.2, 0.25) is 0 Å². The molecule has 4 aromatic rings. The van der Waals surface area contributed by atoms with Crippen LogP contribution in [0.1, 0.15) is 45.9 Å². The Morgan fingerprint density at radius 3 is 2.14 bits per heavy atom. The van der Waals surface area contributed by atoms with E-state index in [1.54, 1.807) is 4.90 Å². The fraction of sp³-hybridized carbons (Fsp3) is 0.371. The lowest BCUT2D eigenvalue weighted by Crippen LogP contribution is -2.61. The number of nitrogens with zero attached hydrogens (tertiary/aromatic N) is 4. The zero-order valence-electron chi connectivity index (χ0n) is 24.1. The van der Waals surface area contributed by atoms with Crippen LogP contribution in [0, 0.1) is 0 Å². The Hall–Kier alpha value is -3.94. The number of rotatable bonds is 8. The highest BCUT2D eigenvalue weighted by Crippen LogP contribution is 2.41. The van der Waals surface area contributed by atoms with E-state index in [0.29, 0.717) is 24.7 Å². The van der Waals surface area contributed by atoms with E-state index in [1.165, 1.54) is 24.0 Å². The molecule has 1 N–H and O–H groups in total. The number of nitrogens with one attached hydrogen (secondary N) is 1. The first-order valence-electron chi connectivity index (χ1n) is 15.3. The largest absolute Gasteiger partial charge is 0.351 e. The molecule has 7 heteroatoms. The molecule has 1 aliphatic carbocycles. The zero-order valence-corrected chi connectivity index (χ0v) is 24.1. The average Bonchev–Trinajstić information content (AvgIpc) is 3.78. The Labute approximate surface area is 247 Å². The Morgan fingerprint density at radius 2 is 1.45 bits per heavy atom. The highest BCUT2D eigenvalue weighted by Gasteiger charge is 2.37. The predicted octanol–water partition coefficient (Wildman–Crippen LogP) is 4.72. The van der Waals surface area contributed by atoms with Gasteiger partial charge in [-0.3, -0.25) is 19.4 Å². The van der Waals surface area contributed by atoms with Gasteiger partial charge in [0.2, 0.25) is 5.91 Å². The molecular formula is C35H39N5O2. The van der Waals surface area contributed by atoms with Crippen LogP contribution in [0.15, 0.2) is 84.9 Å². The average molecular weight is 562 g/mol. The van der Waals surface area contributed by atoms with E-state index in [9.17, 15) is 9.59 Å². The third-order valence-corrected chi connectivity index (χ3v) is 9.11. The molecule has 3 fully saturated rings. The summed E-state index contributed by atoms with van der Waals surface area (Å²) in [5, 5.41) is 1.07. The molecule has 1 atom stereocenters. The molecule has 3 aliphatic rings. The normalized spacial score (nSPS) is 20.4. The lowest BCUT2D eigenvalue weighted by Gasteiger charge is -2.44. The monoisotopic (exact) mass is 561 g/mol. The second-order valence-corrected chi connectivity index (χ2v) is 12.2. The van der Waals surface area contributed by atoms with Crippen molar-refractivity contribution >= 4 is 22.7 Å². The van der Waals surface area contributed by atoms with Gasteiger partial charge in [0, 0.05) is 63.3 Å². The highest BCUT2D eigenvalue weighted by atomic mass is 16.2.